The molecule has 1 unspecified atom stereocenters. The Morgan fingerprint density at radius 2 is 1.97 bits per heavy atom. The Balaban J connectivity index is 1.90. The molecule has 0 saturated carbocycles. The van der Waals surface area contributed by atoms with E-state index in [4.69, 9.17) is 28.3 Å². The number of anilines is 1. The van der Waals surface area contributed by atoms with Gasteiger partial charge in [0.2, 0.25) is 0 Å². The first-order valence-corrected chi connectivity index (χ1v) is 9.94. The van der Waals surface area contributed by atoms with Gasteiger partial charge in [-0.3, -0.25) is 9.79 Å². The van der Waals surface area contributed by atoms with Gasteiger partial charge in [0.25, 0.3) is 5.91 Å². The number of urea groups is 1. The number of nitrogens with zero attached hydrogens (tertiary/aromatic N) is 3. The van der Waals surface area contributed by atoms with Gasteiger partial charge in [-0.2, -0.15) is 5.26 Å². The first-order valence-electron chi connectivity index (χ1n) is 9.57. The van der Waals surface area contributed by atoms with Crippen molar-refractivity contribution < 1.29 is 14.0 Å². The molecule has 1 aliphatic heterocycles. The van der Waals surface area contributed by atoms with E-state index in [1.165, 1.54) is 4.90 Å². The zero-order valence-corrected chi connectivity index (χ0v) is 17.6. The predicted molar refractivity (Wildman–Crippen MR) is 121 cm³/mol. The van der Waals surface area contributed by atoms with Crippen molar-refractivity contribution in [3.05, 3.63) is 70.3 Å². The van der Waals surface area contributed by atoms with Gasteiger partial charge in [0.15, 0.2) is 0 Å². The number of hydrogen-bond acceptors (Lipinski definition) is 5. The van der Waals surface area contributed by atoms with Crippen molar-refractivity contribution in [1.29, 1.82) is 5.26 Å². The lowest BCUT2D eigenvalue weighted by Crippen LogP contribution is -2.48. The van der Waals surface area contributed by atoms with Crippen LogP contribution in [-0.4, -0.2) is 48.4 Å². The van der Waals surface area contributed by atoms with Crippen LogP contribution in [0.4, 0.5) is 14.9 Å². The highest BCUT2D eigenvalue weighted by Gasteiger charge is 2.30. The Hall–Kier alpha value is -3.90. The van der Waals surface area contributed by atoms with Gasteiger partial charge in [0.1, 0.15) is 6.67 Å². The number of nitriles is 1. The molecule has 10 heteroatoms. The Bertz CT molecular complexity index is 1140. The minimum absolute atomic E-state index is 0.00518. The molecule has 3 amide bonds. The summed E-state index contributed by atoms with van der Waals surface area (Å²) < 4.78 is 13.6. The lowest BCUT2D eigenvalue weighted by molar-refractivity contribution is -0.114. The number of benzene rings is 2. The van der Waals surface area contributed by atoms with Crippen molar-refractivity contribution in [3.8, 4) is 6.07 Å². The average Bonchev–Trinajstić information content (AvgIpc) is 2.79. The molecule has 3 rings (SSSR count). The monoisotopic (exact) mass is 454 g/mol. The topological polar surface area (TPSA) is 138 Å². The first-order chi connectivity index (χ1) is 15.3. The van der Waals surface area contributed by atoms with Crippen LogP contribution in [0.5, 0.6) is 0 Å². The molecule has 2 aromatic carbocycles. The number of halogens is 2. The zero-order chi connectivity index (χ0) is 23.3. The van der Waals surface area contributed by atoms with Crippen molar-refractivity contribution in [2.45, 2.75) is 6.04 Å². The highest BCUT2D eigenvalue weighted by molar-refractivity contribution is 6.31. The molecular formula is C22H20ClFN6O2. The number of aliphatic imine (C=N–C) groups is 1. The van der Waals surface area contributed by atoms with Gasteiger partial charge in [-0.15, -0.1) is 0 Å². The maximum absolute atomic E-state index is 13.6. The number of alkyl halides is 1. The third-order valence-electron chi connectivity index (χ3n) is 4.78. The maximum Gasteiger partial charge on any atom is 0.322 e. The van der Waals surface area contributed by atoms with Crippen LogP contribution in [0.25, 0.3) is 5.70 Å². The normalized spacial score (nSPS) is 16.5. The second-order valence-corrected chi connectivity index (χ2v) is 7.48. The minimum atomic E-state index is -0.882. The number of rotatable bonds is 5. The van der Waals surface area contributed by atoms with E-state index in [-0.39, 0.29) is 30.1 Å². The number of carbonyl (C=O) groups excluding carboxylic acids is 2. The first kappa shape index (κ1) is 22.8. The molecule has 0 aliphatic carbocycles. The van der Waals surface area contributed by atoms with E-state index >= 15 is 0 Å². The molecule has 0 saturated heterocycles. The summed E-state index contributed by atoms with van der Waals surface area (Å²) in [5.41, 5.74) is 13.2. The Morgan fingerprint density at radius 3 is 2.56 bits per heavy atom. The number of amides is 3. The Kier molecular flexibility index (Phi) is 7.07. The number of carbonyl (C=O) groups is 2. The van der Waals surface area contributed by atoms with Crippen LogP contribution in [0.1, 0.15) is 11.1 Å². The molecule has 0 fully saturated rings. The summed E-state index contributed by atoms with van der Waals surface area (Å²) in [6.07, 6.45) is 0. The summed E-state index contributed by atoms with van der Waals surface area (Å²) in [6.45, 7) is -0.934. The number of primary amides is 1. The van der Waals surface area contributed by atoms with E-state index in [1.807, 2.05) is 6.07 Å². The summed E-state index contributed by atoms with van der Waals surface area (Å²) >= 11 is 6.01. The summed E-state index contributed by atoms with van der Waals surface area (Å²) in [7, 11) is 0. The zero-order valence-electron chi connectivity index (χ0n) is 16.9. The van der Waals surface area contributed by atoms with Crippen LogP contribution < -0.4 is 16.8 Å². The van der Waals surface area contributed by atoms with E-state index in [2.05, 4.69) is 10.3 Å². The van der Waals surface area contributed by atoms with Gasteiger partial charge in [-0.05, 0) is 42.0 Å². The SMILES string of the molecule is N#Cc1ccc(NC(=O)N2CC(C(C(N)=O)=C(N)c3cccc(Cl)c3)=NC(CF)C2)cc1. The van der Waals surface area contributed by atoms with Crippen molar-refractivity contribution >= 4 is 40.6 Å². The Labute approximate surface area is 189 Å². The van der Waals surface area contributed by atoms with Gasteiger partial charge >= 0.3 is 6.03 Å². The smallest absolute Gasteiger partial charge is 0.322 e. The highest BCUT2D eigenvalue weighted by Crippen LogP contribution is 2.22. The molecule has 0 spiro atoms. The highest BCUT2D eigenvalue weighted by atomic mass is 35.5. The van der Waals surface area contributed by atoms with Crippen LogP contribution in [0.2, 0.25) is 5.02 Å². The van der Waals surface area contributed by atoms with Crippen LogP contribution in [0.15, 0.2) is 59.1 Å². The van der Waals surface area contributed by atoms with Crippen molar-refractivity contribution in [2.24, 2.45) is 16.5 Å². The molecule has 32 heavy (non-hydrogen) atoms. The third kappa shape index (κ3) is 5.22. The molecule has 0 bridgehead atoms. The van der Waals surface area contributed by atoms with E-state index in [0.29, 0.717) is 21.8 Å². The maximum atomic E-state index is 13.6. The number of hydrogen-bond donors (Lipinski definition) is 3. The second-order valence-electron chi connectivity index (χ2n) is 7.05. The lowest BCUT2D eigenvalue weighted by Gasteiger charge is -2.31. The molecule has 1 heterocycles. The number of nitrogens with two attached hydrogens (primary N) is 2. The van der Waals surface area contributed by atoms with Gasteiger partial charge in [-0.25, -0.2) is 9.18 Å². The summed E-state index contributed by atoms with van der Waals surface area (Å²) in [5.74, 6) is -0.854. The van der Waals surface area contributed by atoms with E-state index < -0.39 is 24.7 Å². The third-order valence-corrected chi connectivity index (χ3v) is 5.02. The van der Waals surface area contributed by atoms with Crippen LogP contribution in [0.3, 0.4) is 0 Å². The van der Waals surface area contributed by atoms with Gasteiger partial charge < -0.3 is 21.7 Å². The average molecular weight is 455 g/mol. The van der Waals surface area contributed by atoms with Crippen molar-refractivity contribution in [3.63, 3.8) is 0 Å². The molecule has 164 valence electrons. The standard InChI is InChI=1S/C22H20ClFN6O2/c23-15-3-1-2-14(8-15)20(26)19(21(27)31)18-12-30(11-17(9-24)28-18)22(32)29-16-6-4-13(10-25)5-7-16/h1-8,17H,9,11-12,26H2,(H2,27,31)(H,29,32). The molecule has 2 aromatic rings. The van der Waals surface area contributed by atoms with Crippen LogP contribution in [0, 0.1) is 11.3 Å². The second kappa shape index (κ2) is 9.94. The molecule has 0 radical (unpaired) electrons. The minimum Gasteiger partial charge on any atom is -0.398 e. The van der Waals surface area contributed by atoms with E-state index in [1.54, 1.807) is 48.5 Å². The quantitative estimate of drug-likeness (QED) is 0.598. The molecule has 5 N–H and O–H groups in total. The fraction of sp³-hybridized carbons (Fsp3) is 0.182. The fourth-order valence-corrected chi connectivity index (χ4v) is 3.44. The van der Waals surface area contributed by atoms with E-state index in [0.717, 1.165) is 0 Å². The fourth-order valence-electron chi connectivity index (χ4n) is 3.24. The largest absolute Gasteiger partial charge is 0.398 e. The lowest BCUT2D eigenvalue weighted by atomic mass is 10.00. The molecular weight excluding hydrogens is 435 g/mol. The Morgan fingerprint density at radius 1 is 1.25 bits per heavy atom. The molecule has 0 aromatic heterocycles. The molecule has 8 nitrogen and oxygen atoms in total. The molecule has 1 atom stereocenters. The van der Waals surface area contributed by atoms with Gasteiger partial charge in [0.05, 0.1) is 41.2 Å². The summed E-state index contributed by atoms with van der Waals surface area (Å²) in [5, 5.41) is 12.0. The summed E-state index contributed by atoms with van der Waals surface area (Å²) in [6, 6.07) is 13.4. The molecule has 1 aliphatic rings. The van der Waals surface area contributed by atoms with Crippen LogP contribution >= 0.6 is 11.6 Å². The van der Waals surface area contributed by atoms with Crippen LogP contribution in [-0.2, 0) is 4.79 Å². The predicted octanol–water partition coefficient (Wildman–Crippen LogP) is 2.69. The van der Waals surface area contributed by atoms with Crippen molar-refractivity contribution in [1.82, 2.24) is 4.90 Å². The van der Waals surface area contributed by atoms with Gasteiger partial charge in [-0.1, -0.05) is 23.7 Å². The van der Waals surface area contributed by atoms with Crippen molar-refractivity contribution in [2.75, 3.05) is 25.1 Å². The van der Waals surface area contributed by atoms with Gasteiger partial charge in [0, 0.05) is 17.3 Å². The number of nitrogens with one attached hydrogen (secondary N) is 1. The summed E-state index contributed by atoms with van der Waals surface area (Å²) in [4.78, 5) is 30.6. The van der Waals surface area contributed by atoms with E-state index in [9.17, 15) is 14.0 Å².